The number of carbonyl (C=O) groups excluding carboxylic acids is 1. The molecule has 6 nitrogen and oxygen atoms in total. The van der Waals surface area contributed by atoms with Gasteiger partial charge in [-0.1, -0.05) is 12.1 Å². The Labute approximate surface area is 181 Å². The van der Waals surface area contributed by atoms with Gasteiger partial charge in [-0.2, -0.15) is 5.10 Å². The van der Waals surface area contributed by atoms with Gasteiger partial charge in [-0.25, -0.2) is 13.5 Å². The van der Waals surface area contributed by atoms with Crippen molar-refractivity contribution >= 4 is 22.4 Å². The summed E-state index contributed by atoms with van der Waals surface area (Å²) in [4.78, 5) is 12.9. The number of aromatic nitrogens is 2. The van der Waals surface area contributed by atoms with E-state index in [2.05, 4.69) is 10.4 Å². The van der Waals surface area contributed by atoms with Crippen LogP contribution in [0.3, 0.4) is 0 Å². The highest BCUT2D eigenvalue weighted by Gasteiger charge is 2.21. The summed E-state index contributed by atoms with van der Waals surface area (Å²) in [6.07, 6.45) is 0. The number of anilines is 1. The number of hydrogen-bond acceptors (Lipinski definition) is 4. The molecule has 1 unspecified atom stereocenters. The van der Waals surface area contributed by atoms with Crippen LogP contribution < -0.4 is 5.32 Å². The molecule has 0 fully saturated rings. The molecule has 0 bridgehead atoms. The lowest BCUT2D eigenvalue weighted by Crippen LogP contribution is -2.14. The first-order chi connectivity index (χ1) is 14.8. The average Bonchev–Trinajstić information content (AvgIpc) is 3.00. The van der Waals surface area contributed by atoms with Crippen LogP contribution in [0.15, 0.2) is 42.5 Å². The van der Waals surface area contributed by atoms with E-state index in [4.69, 9.17) is 4.74 Å². The predicted molar refractivity (Wildman–Crippen MR) is 116 cm³/mol. The molecule has 0 aliphatic carbocycles. The highest BCUT2D eigenvalue weighted by atomic mass is 32.2. The Balaban J connectivity index is 1.81. The van der Waals surface area contributed by atoms with Gasteiger partial charge in [-0.05, 0) is 43.7 Å². The molecule has 0 radical (unpaired) electrons. The SMILES string of the molecule is COCCS(=O)Cc1cccc(NC(=O)c2c(C)nn(-c3ccc(F)cc3F)c2C)c1. The highest BCUT2D eigenvalue weighted by Crippen LogP contribution is 2.22. The first-order valence-corrected chi connectivity index (χ1v) is 11.0. The van der Waals surface area contributed by atoms with Gasteiger partial charge < -0.3 is 10.1 Å². The van der Waals surface area contributed by atoms with Gasteiger partial charge >= 0.3 is 0 Å². The highest BCUT2D eigenvalue weighted by molar-refractivity contribution is 7.84. The summed E-state index contributed by atoms with van der Waals surface area (Å²) in [5.74, 6) is -1.07. The molecule has 3 rings (SSSR count). The summed E-state index contributed by atoms with van der Waals surface area (Å²) in [6.45, 7) is 3.71. The third-order valence-electron chi connectivity index (χ3n) is 4.68. The van der Waals surface area contributed by atoms with Crippen LogP contribution in [0.2, 0.25) is 0 Å². The molecule has 164 valence electrons. The molecular formula is C22H23F2N3O3S. The van der Waals surface area contributed by atoms with E-state index in [1.807, 2.05) is 6.07 Å². The van der Waals surface area contributed by atoms with Gasteiger partial charge in [0.2, 0.25) is 0 Å². The van der Waals surface area contributed by atoms with Crippen LogP contribution in [0.1, 0.15) is 27.3 Å². The lowest BCUT2D eigenvalue weighted by Gasteiger charge is -2.09. The maximum atomic E-state index is 14.2. The van der Waals surface area contributed by atoms with E-state index >= 15 is 0 Å². The van der Waals surface area contributed by atoms with E-state index in [-0.39, 0.29) is 5.69 Å². The zero-order valence-electron chi connectivity index (χ0n) is 17.4. The molecule has 3 aromatic rings. The van der Waals surface area contributed by atoms with Gasteiger partial charge in [-0.3, -0.25) is 9.00 Å². The molecule has 0 aliphatic heterocycles. The minimum atomic E-state index is -1.07. The molecule has 1 heterocycles. The Hall–Kier alpha value is -2.91. The number of amides is 1. The molecular weight excluding hydrogens is 424 g/mol. The van der Waals surface area contributed by atoms with Crippen molar-refractivity contribution in [1.82, 2.24) is 9.78 Å². The number of methoxy groups -OCH3 is 1. The summed E-state index contributed by atoms with van der Waals surface area (Å²) >= 11 is 0. The van der Waals surface area contributed by atoms with E-state index < -0.39 is 28.3 Å². The van der Waals surface area contributed by atoms with Gasteiger partial charge in [0.05, 0.1) is 23.6 Å². The molecule has 9 heteroatoms. The van der Waals surface area contributed by atoms with Crippen molar-refractivity contribution in [2.75, 3.05) is 24.8 Å². The maximum absolute atomic E-state index is 14.2. The number of rotatable bonds is 8. The molecule has 31 heavy (non-hydrogen) atoms. The van der Waals surface area contributed by atoms with Crippen molar-refractivity contribution in [3.8, 4) is 5.69 Å². The Kier molecular flexibility index (Phi) is 7.29. The predicted octanol–water partition coefficient (Wildman–Crippen LogP) is 3.91. The largest absolute Gasteiger partial charge is 0.384 e. The van der Waals surface area contributed by atoms with Crippen LogP contribution in [0.4, 0.5) is 14.5 Å². The van der Waals surface area contributed by atoms with E-state index in [1.165, 1.54) is 10.7 Å². The van der Waals surface area contributed by atoms with E-state index in [0.29, 0.717) is 40.8 Å². The Bertz CT molecular complexity index is 1130. The van der Waals surface area contributed by atoms with Crippen molar-refractivity contribution in [2.24, 2.45) is 0 Å². The molecule has 1 amide bonds. The summed E-state index contributed by atoms with van der Waals surface area (Å²) in [6, 6.07) is 10.3. The number of carbonyl (C=O) groups is 1. The van der Waals surface area contributed by atoms with Crippen molar-refractivity contribution in [2.45, 2.75) is 19.6 Å². The number of ether oxygens (including phenoxy) is 1. The number of benzene rings is 2. The second-order valence-electron chi connectivity index (χ2n) is 6.99. The quantitative estimate of drug-likeness (QED) is 0.568. The zero-order valence-corrected chi connectivity index (χ0v) is 18.3. The van der Waals surface area contributed by atoms with Gasteiger partial charge in [-0.15, -0.1) is 0 Å². The van der Waals surface area contributed by atoms with Gasteiger partial charge in [0.25, 0.3) is 5.91 Å². The van der Waals surface area contributed by atoms with Crippen LogP contribution in [0.5, 0.6) is 0 Å². The summed E-state index contributed by atoms with van der Waals surface area (Å²) in [7, 11) is 0.489. The standard InChI is InChI=1S/C22H23F2N3O3S/c1-14-21(15(2)27(26-14)20-8-7-17(23)12-19(20)24)22(28)25-18-6-4-5-16(11-18)13-31(29)10-9-30-3/h4-8,11-12H,9-10,13H2,1-3H3,(H,25,28). The second-order valence-corrected chi connectivity index (χ2v) is 8.57. The number of nitrogens with zero attached hydrogens (tertiary/aromatic N) is 2. The lowest BCUT2D eigenvalue weighted by molar-refractivity contribution is 0.102. The first-order valence-electron chi connectivity index (χ1n) is 9.56. The molecule has 0 aliphatic rings. The molecule has 1 aromatic heterocycles. The van der Waals surface area contributed by atoms with Crippen LogP contribution in [0, 0.1) is 25.5 Å². The van der Waals surface area contributed by atoms with E-state index in [9.17, 15) is 17.8 Å². The van der Waals surface area contributed by atoms with Gasteiger partial charge in [0.15, 0.2) is 5.82 Å². The molecule has 1 atom stereocenters. The molecule has 0 spiro atoms. The van der Waals surface area contributed by atoms with Crippen LogP contribution in [0.25, 0.3) is 5.69 Å². The fraction of sp³-hybridized carbons (Fsp3) is 0.273. The third kappa shape index (κ3) is 5.42. The topological polar surface area (TPSA) is 73.2 Å². The Morgan fingerprint density at radius 2 is 1.97 bits per heavy atom. The maximum Gasteiger partial charge on any atom is 0.259 e. The van der Waals surface area contributed by atoms with Crippen molar-refractivity contribution < 1.29 is 22.5 Å². The van der Waals surface area contributed by atoms with Crippen molar-refractivity contribution in [3.05, 3.63) is 76.6 Å². The Morgan fingerprint density at radius 1 is 1.19 bits per heavy atom. The number of hydrogen-bond donors (Lipinski definition) is 1. The average molecular weight is 448 g/mol. The molecule has 0 saturated heterocycles. The van der Waals surface area contributed by atoms with Gasteiger partial charge in [0, 0.05) is 41.2 Å². The van der Waals surface area contributed by atoms with Crippen molar-refractivity contribution in [3.63, 3.8) is 0 Å². The molecule has 0 saturated carbocycles. The minimum absolute atomic E-state index is 0.0570. The van der Waals surface area contributed by atoms with Crippen LogP contribution in [-0.2, 0) is 21.3 Å². The fourth-order valence-electron chi connectivity index (χ4n) is 3.23. The molecule has 2 aromatic carbocycles. The van der Waals surface area contributed by atoms with Crippen molar-refractivity contribution in [1.29, 1.82) is 0 Å². The van der Waals surface area contributed by atoms with E-state index in [0.717, 1.165) is 17.7 Å². The number of halogens is 2. The fourth-order valence-corrected chi connectivity index (χ4v) is 4.27. The van der Waals surface area contributed by atoms with Crippen LogP contribution >= 0.6 is 0 Å². The summed E-state index contributed by atoms with van der Waals surface area (Å²) < 4.78 is 45.7. The lowest BCUT2D eigenvalue weighted by atomic mass is 10.1. The zero-order chi connectivity index (χ0) is 22.5. The first kappa shape index (κ1) is 22.8. The smallest absolute Gasteiger partial charge is 0.259 e. The van der Waals surface area contributed by atoms with Gasteiger partial charge in [0.1, 0.15) is 11.5 Å². The summed E-state index contributed by atoms with van der Waals surface area (Å²) in [5, 5.41) is 7.08. The van der Waals surface area contributed by atoms with E-state index in [1.54, 1.807) is 39.2 Å². The summed E-state index contributed by atoms with van der Waals surface area (Å²) in [5.41, 5.74) is 2.57. The third-order valence-corrected chi connectivity index (χ3v) is 5.96. The number of aryl methyl sites for hydroxylation is 1. The van der Waals surface area contributed by atoms with Crippen LogP contribution in [-0.4, -0.2) is 39.4 Å². The Morgan fingerprint density at radius 3 is 2.68 bits per heavy atom. The minimum Gasteiger partial charge on any atom is -0.384 e. The second kappa shape index (κ2) is 9.93. The normalized spacial score (nSPS) is 12.0. The molecule has 1 N–H and O–H groups in total. The monoisotopic (exact) mass is 447 g/mol. The number of nitrogens with one attached hydrogen (secondary N) is 1.